The zero-order valence-electron chi connectivity index (χ0n) is 15.3. The minimum absolute atomic E-state index is 0.0578. The highest BCUT2D eigenvalue weighted by Crippen LogP contribution is 2.48. The Bertz CT molecular complexity index is 1130. The third-order valence-electron chi connectivity index (χ3n) is 4.83. The lowest BCUT2D eigenvalue weighted by molar-refractivity contribution is -0.117. The number of benzene rings is 2. The summed E-state index contributed by atoms with van der Waals surface area (Å²) in [5.74, 6) is 0.495. The van der Waals surface area contributed by atoms with Gasteiger partial charge in [-0.25, -0.2) is 13.1 Å². The molecule has 2 aromatic carbocycles. The van der Waals surface area contributed by atoms with Crippen molar-refractivity contribution in [2.24, 2.45) is 5.92 Å². The molecule has 0 bridgehead atoms. The van der Waals surface area contributed by atoms with E-state index in [0.717, 1.165) is 16.5 Å². The van der Waals surface area contributed by atoms with Crippen LogP contribution in [0, 0.1) is 5.92 Å². The topological polar surface area (TPSA) is 88.4 Å². The van der Waals surface area contributed by atoms with E-state index in [1.807, 2.05) is 24.3 Å². The van der Waals surface area contributed by atoms with E-state index in [2.05, 4.69) is 26.0 Å². The molecule has 6 nitrogen and oxygen atoms in total. The van der Waals surface area contributed by atoms with Gasteiger partial charge >= 0.3 is 0 Å². The van der Waals surface area contributed by atoms with Crippen molar-refractivity contribution in [1.82, 2.24) is 4.72 Å². The Labute approximate surface area is 177 Å². The van der Waals surface area contributed by atoms with Gasteiger partial charge in [-0.05, 0) is 60.4 Å². The summed E-state index contributed by atoms with van der Waals surface area (Å²) in [6, 6.07) is 17.6. The van der Waals surface area contributed by atoms with Gasteiger partial charge < -0.3 is 9.73 Å². The van der Waals surface area contributed by atoms with Gasteiger partial charge in [0.15, 0.2) is 0 Å². The van der Waals surface area contributed by atoms with E-state index in [9.17, 15) is 13.2 Å². The minimum Gasteiger partial charge on any atom is -0.468 e. The standard InChI is InChI=1S/C21H19BrN2O4S/c22-15-5-1-4-14(10-15)19-12-20(19)21(25)24-16-6-2-8-18(11-16)29(26,27)23-13-17-7-3-9-28-17/h1-11,19-20,23H,12-13H2,(H,24,25). The maximum Gasteiger partial charge on any atom is 0.241 e. The lowest BCUT2D eigenvalue weighted by atomic mass is 10.1. The van der Waals surface area contributed by atoms with E-state index in [0.29, 0.717) is 11.4 Å². The molecule has 2 N–H and O–H groups in total. The van der Waals surface area contributed by atoms with Crippen LogP contribution in [0.2, 0.25) is 0 Å². The predicted molar refractivity (Wildman–Crippen MR) is 113 cm³/mol. The number of hydrogen-bond donors (Lipinski definition) is 2. The fraction of sp³-hybridized carbons (Fsp3) is 0.190. The summed E-state index contributed by atoms with van der Waals surface area (Å²) < 4.78 is 33.6. The van der Waals surface area contributed by atoms with E-state index in [1.165, 1.54) is 18.4 Å². The summed E-state index contributed by atoms with van der Waals surface area (Å²) in [4.78, 5) is 12.7. The number of anilines is 1. The van der Waals surface area contributed by atoms with Gasteiger partial charge in [0.25, 0.3) is 0 Å². The summed E-state index contributed by atoms with van der Waals surface area (Å²) in [6.07, 6.45) is 2.27. The molecule has 1 aliphatic rings. The van der Waals surface area contributed by atoms with Gasteiger partial charge in [-0.15, -0.1) is 0 Å². The second kappa shape index (κ2) is 8.14. The van der Waals surface area contributed by atoms with Crippen LogP contribution in [0.15, 0.2) is 80.7 Å². The Balaban J connectivity index is 1.40. The molecule has 1 saturated carbocycles. The molecule has 29 heavy (non-hydrogen) atoms. The average Bonchev–Trinajstić information content (AvgIpc) is 3.34. The molecule has 1 aromatic heterocycles. The highest BCUT2D eigenvalue weighted by atomic mass is 79.9. The maximum absolute atomic E-state index is 12.6. The molecule has 1 amide bonds. The zero-order valence-corrected chi connectivity index (χ0v) is 17.7. The quantitative estimate of drug-likeness (QED) is 0.535. The Kier molecular flexibility index (Phi) is 5.58. The van der Waals surface area contributed by atoms with Crippen LogP contribution >= 0.6 is 15.9 Å². The molecule has 2 atom stereocenters. The Hall–Kier alpha value is -2.42. The molecule has 0 aliphatic heterocycles. The fourth-order valence-electron chi connectivity index (χ4n) is 3.23. The van der Waals surface area contributed by atoms with Crippen LogP contribution in [0.25, 0.3) is 0 Å². The minimum atomic E-state index is -3.72. The second-order valence-electron chi connectivity index (χ2n) is 6.92. The van der Waals surface area contributed by atoms with Gasteiger partial charge in [-0.2, -0.15) is 0 Å². The van der Waals surface area contributed by atoms with Crippen LogP contribution in [-0.4, -0.2) is 14.3 Å². The molecule has 150 valence electrons. The summed E-state index contributed by atoms with van der Waals surface area (Å²) >= 11 is 3.45. The number of nitrogens with one attached hydrogen (secondary N) is 2. The van der Waals surface area contributed by atoms with Crippen LogP contribution in [0.5, 0.6) is 0 Å². The lowest BCUT2D eigenvalue weighted by Crippen LogP contribution is -2.23. The first-order chi connectivity index (χ1) is 13.9. The Morgan fingerprint density at radius 2 is 1.93 bits per heavy atom. The van der Waals surface area contributed by atoms with Gasteiger partial charge in [0, 0.05) is 16.1 Å². The summed E-state index contributed by atoms with van der Waals surface area (Å²) in [6.45, 7) is 0.0578. The number of halogens is 1. The molecule has 4 rings (SSSR count). The van der Waals surface area contributed by atoms with Crippen molar-refractivity contribution in [2.75, 3.05) is 5.32 Å². The molecule has 8 heteroatoms. The van der Waals surface area contributed by atoms with Gasteiger partial charge in [0.2, 0.25) is 15.9 Å². The van der Waals surface area contributed by atoms with Crippen molar-refractivity contribution in [2.45, 2.75) is 23.8 Å². The predicted octanol–water partition coefficient (Wildman–Crippen LogP) is 4.26. The number of carbonyl (C=O) groups is 1. The van der Waals surface area contributed by atoms with Crippen molar-refractivity contribution in [3.8, 4) is 0 Å². The van der Waals surface area contributed by atoms with E-state index < -0.39 is 10.0 Å². The molecule has 3 aromatic rings. The summed E-state index contributed by atoms with van der Waals surface area (Å²) in [5.41, 5.74) is 1.58. The number of carbonyl (C=O) groups excluding carboxylic acids is 1. The van der Waals surface area contributed by atoms with Gasteiger partial charge in [-0.3, -0.25) is 4.79 Å². The summed E-state index contributed by atoms with van der Waals surface area (Å²) in [7, 11) is -3.72. The number of furan rings is 1. The molecule has 1 fully saturated rings. The van der Waals surface area contributed by atoms with E-state index >= 15 is 0 Å². The van der Waals surface area contributed by atoms with Crippen LogP contribution in [-0.2, 0) is 21.4 Å². The van der Waals surface area contributed by atoms with Crippen LogP contribution in [0.3, 0.4) is 0 Å². The van der Waals surface area contributed by atoms with E-state index in [1.54, 1.807) is 24.3 Å². The van der Waals surface area contributed by atoms with Crippen molar-refractivity contribution >= 4 is 37.5 Å². The van der Waals surface area contributed by atoms with Gasteiger partial charge in [0.1, 0.15) is 5.76 Å². The number of hydrogen-bond acceptors (Lipinski definition) is 4. The van der Waals surface area contributed by atoms with Crippen LogP contribution in [0.4, 0.5) is 5.69 Å². The Morgan fingerprint density at radius 1 is 1.10 bits per heavy atom. The normalized spacial score (nSPS) is 18.4. The SMILES string of the molecule is O=C(Nc1cccc(S(=O)(=O)NCc2ccco2)c1)C1CC1c1cccc(Br)c1. The monoisotopic (exact) mass is 474 g/mol. The van der Waals surface area contributed by atoms with Crippen molar-refractivity contribution in [1.29, 1.82) is 0 Å². The van der Waals surface area contributed by atoms with Gasteiger partial charge in [-0.1, -0.05) is 34.1 Å². The first kappa shape index (κ1) is 19.9. The molecule has 1 aliphatic carbocycles. The third kappa shape index (κ3) is 4.77. The highest BCUT2D eigenvalue weighted by molar-refractivity contribution is 9.10. The van der Waals surface area contributed by atoms with Crippen molar-refractivity contribution < 1.29 is 17.6 Å². The molecule has 0 spiro atoms. The largest absolute Gasteiger partial charge is 0.468 e. The first-order valence-electron chi connectivity index (χ1n) is 9.11. The smallest absolute Gasteiger partial charge is 0.241 e. The Morgan fingerprint density at radius 3 is 2.69 bits per heavy atom. The highest BCUT2D eigenvalue weighted by Gasteiger charge is 2.44. The fourth-order valence-corrected chi connectivity index (χ4v) is 4.68. The molecule has 2 unspecified atom stereocenters. The molecular weight excluding hydrogens is 456 g/mol. The van der Waals surface area contributed by atoms with E-state index in [-0.39, 0.29) is 29.2 Å². The number of rotatable bonds is 7. The molecular formula is C21H19BrN2O4S. The van der Waals surface area contributed by atoms with E-state index in [4.69, 9.17) is 4.42 Å². The van der Waals surface area contributed by atoms with Gasteiger partial charge in [0.05, 0.1) is 17.7 Å². The summed E-state index contributed by atoms with van der Waals surface area (Å²) in [5, 5.41) is 2.84. The second-order valence-corrected chi connectivity index (χ2v) is 9.61. The lowest BCUT2D eigenvalue weighted by Gasteiger charge is -2.09. The number of sulfonamides is 1. The maximum atomic E-state index is 12.6. The number of amides is 1. The molecule has 0 saturated heterocycles. The third-order valence-corrected chi connectivity index (χ3v) is 6.72. The van der Waals surface area contributed by atoms with Crippen LogP contribution < -0.4 is 10.0 Å². The first-order valence-corrected chi connectivity index (χ1v) is 11.4. The van der Waals surface area contributed by atoms with Crippen molar-refractivity contribution in [3.05, 3.63) is 82.7 Å². The average molecular weight is 475 g/mol. The zero-order chi connectivity index (χ0) is 20.4. The molecule has 0 radical (unpaired) electrons. The van der Waals surface area contributed by atoms with Crippen molar-refractivity contribution in [3.63, 3.8) is 0 Å². The molecule has 1 heterocycles. The van der Waals surface area contributed by atoms with Crippen LogP contribution in [0.1, 0.15) is 23.7 Å².